The van der Waals surface area contributed by atoms with E-state index in [-0.39, 0.29) is 4.90 Å². The number of sulfonamides is 1. The average molecular weight is 711 g/mol. The lowest BCUT2D eigenvalue weighted by Crippen LogP contribution is -2.58. The third kappa shape index (κ3) is 7.85. The van der Waals surface area contributed by atoms with Gasteiger partial charge in [0.25, 0.3) is 15.9 Å². The van der Waals surface area contributed by atoms with E-state index in [0.29, 0.717) is 28.9 Å². The normalized spacial score (nSPS) is 24.7. The molecule has 3 aliphatic carbocycles. The summed E-state index contributed by atoms with van der Waals surface area (Å²) in [5.41, 5.74) is 7.45. The first-order valence-corrected chi connectivity index (χ1v) is 20.3. The third-order valence-corrected chi connectivity index (χ3v) is 13.9. The highest BCUT2D eigenvalue weighted by atomic mass is 32.2. The number of benzene rings is 3. The van der Waals surface area contributed by atoms with E-state index in [2.05, 4.69) is 71.4 Å². The van der Waals surface area contributed by atoms with Gasteiger partial charge in [-0.1, -0.05) is 44.6 Å². The molecule has 2 heterocycles. The number of carbonyl (C=O) groups is 1. The van der Waals surface area contributed by atoms with Gasteiger partial charge >= 0.3 is 0 Å². The summed E-state index contributed by atoms with van der Waals surface area (Å²) in [6.45, 7) is 13.4. The van der Waals surface area contributed by atoms with Gasteiger partial charge in [-0.15, -0.1) is 0 Å². The Morgan fingerprint density at radius 3 is 2.31 bits per heavy atom. The van der Waals surface area contributed by atoms with Gasteiger partial charge in [0.15, 0.2) is 0 Å². The molecule has 2 aliphatic heterocycles. The van der Waals surface area contributed by atoms with Crippen LogP contribution >= 0.6 is 0 Å². The van der Waals surface area contributed by atoms with Crippen LogP contribution in [0.15, 0.2) is 77.2 Å². The second-order valence-corrected chi connectivity index (χ2v) is 17.7. The monoisotopic (exact) mass is 710 g/mol. The zero-order valence-corrected chi connectivity index (χ0v) is 31.4. The van der Waals surface area contributed by atoms with Crippen LogP contribution in [-0.2, 0) is 14.8 Å². The predicted molar refractivity (Wildman–Crippen MR) is 207 cm³/mol. The fraction of sp³-hybridized carbons (Fsp3) is 0.500. The van der Waals surface area contributed by atoms with Crippen LogP contribution in [0.1, 0.15) is 80.8 Å². The Morgan fingerprint density at radius 2 is 1.67 bits per heavy atom. The predicted octanol–water partition coefficient (Wildman–Crippen LogP) is 8.12. The lowest BCUT2D eigenvalue weighted by atomic mass is 9.45. The van der Waals surface area contributed by atoms with Gasteiger partial charge in [-0.05, 0) is 140 Å². The number of ether oxygens (including phenoxy) is 1. The second kappa shape index (κ2) is 14.7. The number of piperidine rings is 1. The Labute approximate surface area is 304 Å². The summed E-state index contributed by atoms with van der Waals surface area (Å²) in [6.07, 6.45) is 9.00. The van der Waals surface area contributed by atoms with Gasteiger partial charge in [0.05, 0.1) is 4.90 Å². The maximum absolute atomic E-state index is 13.1. The number of amides is 1. The molecule has 0 spiro atoms. The number of nitrogens with zero attached hydrogens (tertiary/aromatic N) is 1. The minimum Gasteiger partial charge on any atom is -0.385 e. The molecule has 0 aromatic heterocycles. The minimum absolute atomic E-state index is 0.0702. The SMILES string of the molecule is Cc1cc(S(=O)(=O)NC(=O)c2ccc(N3CCC(=Cc4ccc(N[C@H]5C[C@H]6C[C@@H]([C@@H]5C)C6(C)C)cc4)CC3)cc2)ccc1NCC1CCOCC1. The van der Waals surface area contributed by atoms with Crippen LogP contribution in [0.5, 0.6) is 0 Å². The fourth-order valence-corrected chi connectivity index (χ4v) is 9.99. The van der Waals surface area contributed by atoms with Crippen molar-refractivity contribution >= 4 is 39.1 Å². The first-order valence-electron chi connectivity index (χ1n) is 18.9. The van der Waals surface area contributed by atoms with E-state index in [4.69, 9.17) is 4.74 Å². The van der Waals surface area contributed by atoms with Gasteiger partial charge in [-0.25, -0.2) is 13.1 Å². The van der Waals surface area contributed by atoms with E-state index in [1.165, 1.54) is 29.7 Å². The number of fused-ring (bicyclic) bond motifs is 2. The molecule has 2 bridgehead atoms. The number of anilines is 3. The molecule has 9 heteroatoms. The highest BCUT2D eigenvalue weighted by Crippen LogP contribution is 2.61. The van der Waals surface area contributed by atoms with E-state index in [9.17, 15) is 13.2 Å². The average Bonchev–Trinajstić information content (AvgIpc) is 3.13. The lowest BCUT2D eigenvalue weighted by Gasteiger charge is -2.62. The highest BCUT2D eigenvalue weighted by molar-refractivity contribution is 7.90. The first kappa shape index (κ1) is 35.6. The molecule has 51 heavy (non-hydrogen) atoms. The maximum atomic E-state index is 13.1. The second-order valence-electron chi connectivity index (χ2n) is 16.0. The van der Waals surface area contributed by atoms with E-state index >= 15 is 0 Å². The molecule has 8 nitrogen and oxygen atoms in total. The van der Waals surface area contributed by atoms with E-state index in [1.54, 1.807) is 30.3 Å². The van der Waals surface area contributed by atoms with Gasteiger partial charge in [0.2, 0.25) is 0 Å². The van der Waals surface area contributed by atoms with Crippen molar-refractivity contribution < 1.29 is 17.9 Å². The smallest absolute Gasteiger partial charge is 0.264 e. The number of aryl methyl sites for hydroxylation is 1. The van der Waals surface area contributed by atoms with Crippen LogP contribution in [-0.4, -0.2) is 53.2 Å². The third-order valence-electron chi connectivity index (χ3n) is 12.5. The van der Waals surface area contributed by atoms with Gasteiger partial charge in [0, 0.05) is 61.5 Å². The summed E-state index contributed by atoms with van der Waals surface area (Å²) in [4.78, 5) is 15.4. The van der Waals surface area contributed by atoms with Crippen molar-refractivity contribution in [3.05, 3.63) is 89.0 Å². The summed E-state index contributed by atoms with van der Waals surface area (Å²) < 4.78 is 33.9. The van der Waals surface area contributed by atoms with Gasteiger partial charge < -0.3 is 20.3 Å². The minimum atomic E-state index is -4.03. The van der Waals surface area contributed by atoms with Crippen molar-refractivity contribution in [1.82, 2.24) is 4.72 Å². The molecule has 0 radical (unpaired) electrons. The Bertz CT molecular complexity index is 1840. The molecular formula is C42H54N4O4S. The zero-order valence-electron chi connectivity index (χ0n) is 30.6. The number of hydrogen-bond donors (Lipinski definition) is 3. The molecule has 8 rings (SSSR count). The van der Waals surface area contributed by atoms with Gasteiger partial charge in [0.1, 0.15) is 0 Å². The summed E-state index contributed by atoms with van der Waals surface area (Å²) in [5.74, 6) is 2.29. The Kier molecular flexibility index (Phi) is 10.2. The van der Waals surface area contributed by atoms with Crippen molar-refractivity contribution in [3.8, 4) is 0 Å². The summed E-state index contributed by atoms with van der Waals surface area (Å²) in [6, 6.07) is 21.6. The van der Waals surface area contributed by atoms with E-state index in [1.807, 2.05) is 19.1 Å². The van der Waals surface area contributed by atoms with Crippen LogP contribution in [0.4, 0.5) is 17.1 Å². The molecule has 3 aromatic rings. The summed E-state index contributed by atoms with van der Waals surface area (Å²) >= 11 is 0. The topological polar surface area (TPSA) is 99.8 Å². The van der Waals surface area contributed by atoms with Crippen LogP contribution in [0.3, 0.4) is 0 Å². The van der Waals surface area contributed by atoms with Crippen molar-refractivity contribution in [2.24, 2.45) is 29.1 Å². The molecule has 272 valence electrons. The van der Waals surface area contributed by atoms with Crippen LogP contribution in [0.2, 0.25) is 0 Å². The van der Waals surface area contributed by atoms with Gasteiger partial charge in [-0.2, -0.15) is 0 Å². The zero-order chi connectivity index (χ0) is 35.8. The van der Waals surface area contributed by atoms with Crippen molar-refractivity contribution in [1.29, 1.82) is 0 Å². The fourth-order valence-electron chi connectivity index (χ4n) is 8.93. The molecular weight excluding hydrogens is 657 g/mol. The lowest BCUT2D eigenvalue weighted by molar-refractivity contribution is -0.105. The van der Waals surface area contributed by atoms with Crippen molar-refractivity contribution in [3.63, 3.8) is 0 Å². The summed E-state index contributed by atoms with van der Waals surface area (Å²) in [5, 5.41) is 7.29. The van der Waals surface area contributed by atoms with Crippen LogP contribution < -0.4 is 20.3 Å². The number of nitrogens with one attached hydrogen (secondary N) is 3. The molecule has 0 unspecified atom stereocenters. The first-order chi connectivity index (χ1) is 24.5. The van der Waals surface area contributed by atoms with Crippen LogP contribution in [0.25, 0.3) is 6.08 Å². The molecule has 2 saturated heterocycles. The quantitative estimate of drug-likeness (QED) is 0.196. The molecule has 3 saturated carbocycles. The molecule has 3 aromatic carbocycles. The Balaban J connectivity index is 0.884. The standard InChI is InChI=1S/C42H54N4O4S/c1-28-23-37(13-14-39(28)43-27-32-17-21-50-22-18-32)51(48,49)45-41(47)33-7-11-36(12-8-33)46-19-15-31(16-20-46)24-30-5-9-35(10-6-30)44-40-26-34-25-38(29(40)2)42(34,3)4/h5-14,23-24,29,32,34,38,40,43-44H,15-22,25-27H2,1-4H3,(H,45,47)/t29-,34+,38-,40-/m0/s1. The molecule has 5 fully saturated rings. The van der Waals surface area contributed by atoms with Crippen LogP contribution in [0, 0.1) is 36.0 Å². The molecule has 5 aliphatic rings. The number of carbonyl (C=O) groups excluding carboxylic acids is 1. The molecule has 1 amide bonds. The molecule has 3 N–H and O–H groups in total. The molecule has 4 atom stereocenters. The largest absolute Gasteiger partial charge is 0.385 e. The van der Waals surface area contributed by atoms with E-state index < -0.39 is 15.9 Å². The van der Waals surface area contributed by atoms with Gasteiger partial charge in [-0.3, -0.25) is 4.79 Å². The summed E-state index contributed by atoms with van der Waals surface area (Å²) in [7, 11) is -4.03. The Morgan fingerprint density at radius 1 is 0.961 bits per heavy atom. The number of hydrogen-bond acceptors (Lipinski definition) is 7. The number of rotatable bonds is 10. The maximum Gasteiger partial charge on any atom is 0.264 e. The Hall–Kier alpha value is -3.82. The van der Waals surface area contributed by atoms with Crippen molar-refractivity contribution in [2.45, 2.75) is 77.2 Å². The van der Waals surface area contributed by atoms with Crippen molar-refractivity contribution in [2.75, 3.05) is 48.4 Å². The van der Waals surface area contributed by atoms with E-state index in [0.717, 1.165) is 87.3 Å². The highest BCUT2D eigenvalue weighted by Gasteiger charge is 2.56.